The highest BCUT2D eigenvalue weighted by Crippen LogP contribution is 2.14. The first-order chi connectivity index (χ1) is 6.75. The molecule has 1 aromatic rings. The number of nitrogens with zero attached hydrogens (tertiary/aromatic N) is 1. The van der Waals surface area contributed by atoms with Crippen LogP contribution in [0.1, 0.15) is 17.5 Å². The van der Waals surface area contributed by atoms with E-state index in [-0.39, 0.29) is 0 Å². The van der Waals surface area contributed by atoms with Crippen LogP contribution in [0.4, 0.5) is 0 Å². The summed E-state index contributed by atoms with van der Waals surface area (Å²) in [5.74, 6) is 0. The molecular weight excluding hydrogens is 192 g/mol. The Hall–Kier alpha value is -0.380. The van der Waals surface area contributed by atoms with Gasteiger partial charge in [-0.05, 0) is 48.8 Å². The third-order valence-corrected chi connectivity index (χ3v) is 3.84. The van der Waals surface area contributed by atoms with Gasteiger partial charge in [0.1, 0.15) is 0 Å². The van der Waals surface area contributed by atoms with Crippen molar-refractivity contribution < 1.29 is 0 Å². The number of hydrogen-bond donors (Lipinski definition) is 1. The van der Waals surface area contributed by atoms with E-state index in [0.29, 0.717) is 6.04 Å². The number of thiophene rings is 1. The average molecular weight is 210 g/mol. The van der Waals surface area contributed by atoms with Crippen molar-refractivity contribution >= 4 is 11.3 Å². The maximum atomic E-state index is 3.62. The Kier molecular flexibility index (Phi) is 3.21. The van der Waals surface area contributed by atoms with Crippen molar-refractivity contribution in [2.75, 3.05) is 20.1 Å². The monoisotopic (exact) mass is 210 g/mol. The van der Waals surface area contributed by atoms with Crippen LogP contribution in [0.15, 0.2) is 10.8 Å². The Morgan fingerprint density at radius 3 is 3.00 bits per heavy atom. The highest BCUT2D eigenvalue weighted by molar-refractivity contribution is 7.08. The summed E-state index contributed by atoms with van der Waals surface area (Å²) in [6, 6.07) is 0.694. The molecule has 2 rings (SSSR count). The molecule has 1 fully saturated rings. The molecule has 78 valence electrons. The molecule has 1 aliphatic heterocycles. The normalized spacial score (nSPS) is 23.1. The lowest BCUT2D eigenvalue weighted by atomic mass is 10.2. The Morgan fingerprint density at radius 2 is 2.43 bits per heavy atom. The Morgan fingerprint density at radius 1 is 1.57 bits per heavy atom. The number of aryl methyl sites for hydroxylation is 1. The minimum Gasteiger partial charge on any atom is -0.309 e. The summed E-state index contributed by atoms with van der Waals surface area (Å²) in [4.78, 5) is 2.39. The van der Waals surface area contributed by atoms with Gasteiger partial charge in [-0.3, -0.25) is 0 Å². The highest BCUT2D eigenvalue weighted by atomic mass is 32.1. The van der Waals surface area contributed by atoms with Crippen molar-refractivity contribution in [2.24, 2.45) is 0 Å². The molecule has 0 radical (unpaired) electrons. The van der Waals surface area contributed by atoms with Crippen molar-refractivity contribution in [1.82, 2.24) is 10.2 Å². The van der Waals surface area contributed by atoms with Crippen LogP contribution >= 0.6 is 11.3 Å². The van der Waals surface area contributed by atoms with E-state index in [2.05, 4.69) is 34.9 Å². The Labute approximate surface area is 89.9 Å². The molecule has 0 amide bonds. The molecule has 0 saturated carbocycles. The van der Waals surface area contributed by atoms with E-state index in [9.17, 15) is 0 Å². The summed E-state index contributed by atoms with van der Waals surface area (Å²) >= 11 is 1.80. The minimum absolute atomic E-state index is 0.694. The van der Waals surface area contributed by atoms with Crippen molar-refractivity contribution in [3.8, 4) is 0 Å². The topological polar surface area (TPSA) is 15.3 Å². The largest absolute Gasteiger partial charge is 0.309 e. The van der Waals surface area contributed by atoms with Gasteiger partial charge in [0.25, 0.3) is 0 Å². The average Bonchev–Trinajstić information content (AvgIpc) is 2.72. The molecule has 1 N–H and O–H groups in total. The maximum absolute atomic E-state index is 3.62. The molecule has 1 saturated heterocycles. The van der Waals surface area contributed by atoms with Gasteiger partial charge in [0.05, 0.1) is 0 Å². The molecule has 2 nitrogen and oxygen atoms in total. The van der Waals surface area contributed by atoms with Gasteiger partial charge < -0.3 is 10.2 Å². The summed E-state index contributed by atoms with van der Waals surface area (Å²) in [6.07, 6.45) is 1.29. The summed E-state index contributed by atoms with van der Waals surface area (Å²) in [5.41, 5.74) is 2.89. The molecular formula is C11H18N2S. The van der Waals surface area contributed by atoms with Gasteiger partial charge in [-0.1, -0.05) is 0 Å². The molecule has 0 aromatic carbocycles. The molecule has 1 aliphatic rings. The highest BCUT2D eigenvalue weighted by Gasteiger charge is 2.18. The fourth-order valence-corrected chi connectivity index (χ4v) is 2.78. The van der Waals surface area contributed by atoms with Crippen molar-refractivity contribution in [1.29, 1.82) is 0 Å². The van der Waals surface area contributed by atoms with E-state index in [0.717, 1.165) is 6.54 Å². The lowest BCUT2D eigenvalue weighted by molar-refractivity contribution is 0.397. The SMILES string of the molecule is Cc1cscc1CNC1CCN(C)C1. The van der Waals surface area contributed by atoms with E-state index in [4.69, 9.17) is 0 Å². The van der Waals surface area contributed by atoms with Gasteiger partial charge in [0, 0.05) is 19.1 Å². The van der Waals surface area contributed by atoms with Crippen LogP contribution in [0.2, 0.25) is 0 Å². The minimum atomic E-state index is 0.694. The first-order valence-electron chi connectivity index (χ1n) is 5.19. The Bertz CT molecular complexity index is 295. The first kappa shape index (κ1) is 10.1. The van der Waals surface area contributed by atoms with Gasteiger partial charge in [-0.25, -0.2) is 0 Å². The first-order valence-corrected chi connectivity index (χ1v) is 6.13. The van der Waals surface area contributed by atoms with Crippen molar-refractivity contribution in [2.45, 2.75) is 25.9 Å². The van der Waals surface area contributed by atoms with Crippen molar-refractivity contribution in [3.05, 3.63) is 21.9 Å². The quantitative estimate of drug-likeness (QED) is 0.819. The van der Waals surface area contributed by atoms with Gasteiger partial charge in [0.15, 0.2) is 0 Å². The molecule has 0 bridgehead atoms. The number of nitrogens with one attached hydrogen (secondary N) is 1. The second kappa shape index (κ2) is 4.43. The third kappa shape index (κ3) is 2.35. The predicted octanol–water partition coefficient (Wildman–Crippen LogP) is 1.85. The van der Waals surface area contributed by atoms with E-state index >= 15 is 0 Å². The molecule has 3 heteroatoms. The molecule has 2 heterocycles. The number of likely N-dealkylation sites (N-methyl/N-ethyl adjacent to an activating group) is 1. The molecule has 0 spiro atoms. The van der Waals surface area contributed by atoms with E-state index < -0.39 is 0 Å². The molecule has 0 aliphatic carbocycles. The zero-order chi connectivity index (χ0) is 9.97. The zero-order valence-electron chi connectivity index (χ0n) is 8.92. The van der Waals surface area contributed by atoms with Crippen LogP contribution in [0, 0.1) is 6.92 Å². The second-order valence-corrected chi connectivity index (χ2v) is 4.95. The van der Waals surface area contributed by atoms with Gasteiger partial charge in [-0.15, -0.1) is 0 Å². The zero-order valence-corrected chi connectivity index (χ0v) is 9.73. The molecule has 1 aromatic heterocycles. The van der Waals surface area contributed by atoms with Crippen LogP contribution in [-0.4, -0.2) is 31.1 Å². The van der Waals surface area contributed by atoms with Gasteiger partial charge >= 0.3 is 0 Å². The van der Waals surface area contributed by atoms with E-state index in [1.807, 2.05) is 0 Å². The second-order valence-electron chi connectivity index (χ2n) is 4.21. The van der Waals surface area contributed by atoms with Crippen LogP contribution < -0.4 is 5.32 Å². The number of likely N-dealkylation sites (tertiary alicyclic amines) is 1. The van der Waals surface area contributed by atoms with Crippen LogP contribution in [0.25, 0.3) is 0 Å². The van der Waals surface area contributed by atoms with E-state index in [1.54, 1.807) is 11.3 Å². The van der Waals surface area contributed by atoms with Gasteiger partial charge in [0.2, 0.25) is 0 Å². The van der Waals surface area contributed by atoms with Crippen LogP contribution in [0.3, 0.4) is 0 Å². The standard InChI is InChI=1S/C11H18N2S/c1-9-7-14-8-10(9)5-12-11-3-4-13(2)6-11/h7-8,11-12H,3-6H2,1-2H3. The smallest absolute Gasteiger partial charge is 0.0219 e. The molecule has 14 heavy (non-hydrogen) atoms. The summed E-state index contributed by atoms with van der Waals surface area (Å²) in [7, 11) is 2.19. The van der Waals surface area contributed by atoms with Crippen LogP contribution in [0.5, 0.6) is 0 Å². The molecule has 1 unspecified atom stereocenters. The number of hydrogen-bond acceptors (Lipinski definition) is 3. The Balaban J connectivity index is 1.80. The van der Waals surface area contributed by atoms with Crippen LogP contribution in [-0.2, 0) is 6.54 Å². The van der Waals surface area contributed by atoms with Gasteiger partial charge in [-0.2, -0.15) is 11.3 Å². The summed E-state index contributed by atoms with van der Waals surface area (Å²) in [5, 5.41) is 8.09. The fourth-order valence-electron chi connectivity index (χ4n) is 1.92. The third-order valence-electron chi connectivity index (χ3n) is 2.93. The molecule has 1 atom stereocenters. The predicted molar refractivity (Wildman–Crippen MR) is 61.8 cm³/mol. The summed E-state index contributed by atoms with van der Waals surface area (Å²) in [6.45, 7) is 5.66. The number of rotatable bonds is 3. The summed E-state index contributed by atoms with van der Waals surface area (Å²) < 4.78 is 0. The fraction of sp³-hybridized carbons (Fsp3) is 0.636. The lowest BCUT2D eigenvalue weighted by Crippen LogP contribution is -2.30. The van der Waals surface area contributed by atoms with E-state index in [1.165, 1.54) is 30.6 Å². The van der Waals surface area contributed by atoms with Crippen molar-refractivity contribution in [3.63, 3.8) is 0 Å². The lowest BCUT2D eigenvalue weighted by Gasteiger charge is -2.12. The maximum Gasteiger partial charge on any atom is 0.0219 e.